The van der Waals surface area contributed by atoms with Gasteiger partial charge in [0.1, 0.15) is 5.75 Å². The molecular formula is C15H24ClNO3. The van der Waals surface area contributed by atoms with Crippen molar-refractivity contribution in [3.8, 4) is 5.75 Å². The van der Waals surface area contributed by atoms with Crippen LogP contribution in [0.5, 0.6) is 5.75 Å². The Balaban J connectivity index is 1.94. The maximum atomic E-state index is 5.68. The number of unbranched alkanes of at least 4 members (excludes halogenated alkanes) is 2. The number of benzene rings is 1. The molecule has 0 heterocycles. The number of ether oxygens (including phenoxy) is 2. The summed E-state index contributed by atoms with van der Waals surface area (Å²) in [7, 11) is 0. The summed E-state index contributed by atoms with van der Waals surface area (Å²) in [5.41, 5.74) is 6.68. The third-order valence-corrected chi connectivity index (χ3v) is 3.00. The molecule has 0 bridgehead atoms. The topological polar surface area (TPSA) is 53.7 Å². The minimum Gasteiger partial charge on any atom is -0.494 e. The highest BCUT2D eigenvalue weighted by atomic mass is 35.5. The Bertz CT molecular complexity index is 350. The third kappa shape index (κ3) is 8.38. The van der Waals surface area contributed by atoms with E-state index in [1.54, 1.807) is 0 Å². The molecule has 1 aromatic carbocycles. The molecule has 0 radical (unpaired) electrons. The molecule has 4 nitrogen and oxygen atoms in total. The van der Waals surface area contributed by atoms with E-state index in [2.05, 4.69) is 4.29 Å². The Kier molecular flexibility index (Phi) is 10.3. The molecule has 0 atom stereocenters. The number of halogens is 1. The second kappa shape index (κ2) is 12.0. The van der Waals surface area contributed by atoms with E-state index in [9.17, 15) is 0 Å². The second-order valence-corrected chi connectivity index (χ2v) is 4.76. The van der Waals surface area contributed by atoms with Gasteiger partial charge >= 0.3 is 0 Å². The Morgan fingerprint density at radius 1 is 0.950 bits per heavy atom. The summed E-state index contributed by atoms with van der Waals surface area (Å²) in [6.07, 6.45) is 4.02. The first-order chi connectivity index (χ1) is 9.86. The first-order valence-corrected chi connectivity index (χ1v) is 7.40. The number of hydrogen-bond donors (Lipinski definition) is 1. The molecule has 0 unspecified atom stereocenters. The van der Waals surface area contributed by atoms with Crippen LogP contribution in [0.4, 0.5) is 0 Å². The first-order valence-electron chi connectivity index (χ1n) is 7.10. The van der Waals surface area contributed by atoms with Crippen molar-refractivity contribution in [3.05, 3.63) is 29.8 Å². The van der Waals surface area contributed by atoms with Crippen LogP contribution in [0.25, 0.3) is 0 Å². The predicted octanol–water partition coefficient (Wildman–Crippen LogP) is 3.27. The zero-order chi connectivity index (χ0) is 14.5. The quantitative estimate of drug-likeness (QED) is 0.602. The van der Waals surface area contributed by atoms with Crippen LogP contribution in [-0.4, -0.2) is 26.4 Å². The fraction of sp³-hybridized carbons (Fsp3) is 0.600. The van der Waals surface area contributed by atoms with Gasteiger partial charge in [0.25, 0.3) is 0 Å². The van der Waals surface area contributed by atoms with Crippen molar-refractivity contribution in [2.24, 2.45) is 5.73 Å². The molecule has 2 N–H and O–H groups in total. The van der Waals surface area contributed by atoms with Crippen LogP contribution in [0.2, 0.25) is 0 Å². The van der Waals surface area contributed by atoms with Crippen molar-refractivity contribution in [1.82, 2.24) is 0 Å². The van der Waals surface area contributed by atoms with E-state index in [0.717, 1.165) is 50.2 Å². The van der Waals surface area contributed by atoms with Crippen LogP contribution in [0.15, 0.2) is 24.3 Å². The van der Waals surface area contributed by atoms with Crippen molar-refractivity contribution >= 4 is 11.9 Å². The maximum absolute atomic E-state index is 5.68. The van der Waals surface area contributed by atoms with Gasteiger partial charge in [-0.05, 0) is 43.4 Å². The summed E-state index contributed by atoms with van der Waals surface area (Å²) in [5.74, 6) is 0.894. The highest BCUT2D eigenvalue weighted by molar-refractivity contribution is 6.07. The Morgan fingerprint density at radius 2 is 1.75 bits per heavy atom. The molecule has 0 saturated heterocycles. The Hall–Kier alpha value is -0.810. The Morgan fingerprint density at radius 3 is 2.55 bits per heavy atom. The largest absolute Gasteiger partial charge is 0.494 e. The van der Waals surface area contributed by atoms with Crippen LogP contribution in [0.3, 0.4) is 0 Å². The van der Waals surface area contributed by atoms with Crippen molar-refractivity contribution in [2.45, 2.75) is 32.2 Å². The summed E-state index contributed by atoms with van der Waals surface area (Å²) in [5, 5.41) is 0. The minimum absolute atomic E-state index is 0.539. The number of hydrogen-bond acceptors (Lipinski definition) is 4. The highest BCUT2D eigenvalue weighted by Crippen LogP contribution is 2.13. The summed E-state index contributed by atoms with van der Waals surface area (Å²) in [6, 6.07) is 7.92. The normalized spacial score (nSPS) is 10.7. The molecule has 0 aliphatic carbocycles. The molecule has 0 aliphatic heterocycles. The lowest BCUT2D eigenvalue weighted by molar-refractivity contribution is 0.116. The van der Waals surface area contributed by atoms with Gasteiger partial charge in [0.2, 0.25) is 0 Å². The molecule has 5 heteroatoms. The summed E-state index contributed by atoms with van der Waals surface area (Å²) < 4.78 is 15.5. The zero-order valence-corrected chi connectivity index (χ0v) is 12.6. The molecule has 20 heavy (non-hydrogen) atoms. The van der Waals surface area contributed by atoms with Gasteiger partial charge in [-0.15, -0.1) is 0 Å². The lowest BCUT2D eigenvalue weighted by Gasteiger charge is -2.07. The van der Waals surface area contributed by atoms with Gasteiger partial charge in [0.15, 0.2) is 0 Å². The smallest absolute Gasteiger partial charge is 0.119 e. The molecule has 0 saturated carbocycles. The van der Waals surface area contributed by atoms with E-state index >= 15 is 0 Å². The van der Waals surface area contributed by atoms with E-state index in [4.69, 9.17) is 27.1 Å². The minimum atomic E-state index is 0.539. The van der Waals surface area contributed by atoms with E-state index in [0.29, 0.717) is 19.8 Å². The van der Waals surface area contributed by atoms with Crippen molar-refractivity contribution in [1.29, 1.82) is 0 Å². The molecular weight excluding hydrogens is 278 g/mol. The summed E-state index contributed by atoms with van der Waals surface area (Å²) in [4.78, 5) is 0. The summed E-state index contributed by atoms with van der Waals surface area (Å²) in [6.45, 7) is 3.30. The molecule has 114 valence electrons. The van der Waals surface area contributed by atoms with Gasteiger partial charge < -0.3 is 15.2 Å². The van der Waals surface area contributed by atoms with Gasteiger partial charge in [0.05, 0.1) is 25.1 Å². The van der Waals surface area contributed by atoms with Gasteiger partial charge in [-0.3, -0.25) is 4.29 Å². The van der Waals surface area contributed by atoms with E-state index in [-0.39, 0.29) is 0 Å². The SMILES string of the molecule is NCc1cccc(OCCCCCOCCCOCl)c1. The van der Waals surface area contributed by atoms with Crippen LogP contribution >= 0.6 is 11.9 Å². The van der Waals surface area contributed by atoms with E-state index in [1.165, 1.54) is 0 Å². The van der Waals surface area contributed by atoms with Crippen LogP contribution in [-0.2, 0) is 15.6 Å². The van der Waals surface area contributed by atoms with Gasteiger partial charge in [-0.1, -0.05) is 12.1 Å². The summed E-state index contributed by atoms with van der Waals surface area (Å²) >= 11 is 5.09. The monoisotopic (exact) mass is 301 g/mol. The van der Waals surface area contributed by atoms with Gasteiger partial charge in [0, 0.05) is 19.8 Å². The van der Waals surface area contributed by atoms with Crippen LogP contribution in [0.1, 0.15) is 31.2 Å². The van der Waals surface area contributed by atoms with Crippen molar-refractivity contribution in [2.75, 3.05) is 26.4 Å². The lowest BCUT2D eigenvalue weighted by Crippen LogP contribution is -2.02. The van der Waals surface area contributed by atoms with E-state index < -0.39 is 0 Å². The Labute approximate surface area is 126 Å². The number of nitrogens with two attached hydrogens (primary N) is 1. The average molecular weight is 302 g/mol. The molecule has 0 amide bonds. The number of rotatable bonds is 12. The highest BCUT2D eigenvalue weighted by Gasteiger charge is 1.96. The van der Waals surface area contributed by atoms with E-state index in [1.807, 2.05) is 24.3 Å². The van der Waals surface area contributed by atoms with Gasteiger partial charge in [-0.25, -0.2) is 0 Å². The standard InChI is InChI=1S/C15H24ClNO3/c16-20-11-5-9-18-8-2-1-3-10-19-15-7-4-6-14(12-15)13-17/h4,6-7,12H,1-3,5,8-11,13,17H2. The molecule has 0 aliphatic rings. The molecule has 0 spiro atoms. The molecule has 1 aromatic rings. The van der Waals surface area contributed by atoms with Gasteiger partial charge in [-0.2, -0.15) is 0 Å². The third-order valence-electron chi connectivity index (χ3n) is 2.85. The second-order valence-electron chi connectivity index (χ2n) is 4.54. The molecule has 0 aromatic heterocycles. The lowest BCUT2D eigenvalue weighted by atomic mass is 10.2. The molecule has 0 fully saturated rings. The first kappa shape index (κ1) is 17.2. The van der Waals surface area contributed by atoms with Crippen molar-refractivity contribution < 1.29 is 13.8 Å². The van der Waals surface area contributed by atoms with Crippen LogP contribution < -0.4 is 10.5 Å². The molecule has 1 rings (SSSR count). The van der Waals surface area contributed by atoms with Crippen LogP contribution in [0, 0.1) is 0 Å². The fourth-order valence-electron chi connectivity index (χ4n) is 1.75. The fourth-order valence-corrected chi connectivity index (χ4v) is 1.86. The zero-order valence-electron chi connectivity index (χ0n) is 11.9. The maximum Gasteiger partial charge on any atom is 0.119 e. The predicted molar refractivity (Wildman–Crippen MR) is 80.9 cm³/mol. The van der Waals surface area contributed by atoms with Crippen molar-refractivity contribution in [3.63, 3.8) is 0 Å². The average Bonchev–Trinajstić information content (AvgIpc) is 2.49.